The molecule has 3 N–H and O–H groups in total. The van der Waals surface area contributed by atoms with Gasteiger partial charge < -0.3 is 10.2 Å². The lowest BCUT2D eigenvalue weighted by atomic mass is 10.3. The Morgan fingerprint density at radius 2 is 2.22 bits per heavy atom. The van der Waals surface area contributed by atoms with Crippen LogP contribution in [0.3, 0.4) is 0 Å². The summed E-state index contributed by atoms with van der Waals surface area (Å²) >= 11 is 1.35. The Hall–Kier alpha value is -2.02. The van der Waals surface area contributed by atoms with Crippen LogP contribution in [-0.2, 0) is 4.79 Å². The van der Waals surface area contributed by atoms with Gasteiger partial charge in [0.2, 0.25) is 11.8 Å². The second-order valence-electron chi connectivity index (χ2n) is 3.50. The molecule has 0 bridgehead atoms. The van der Waals surface area contributed by atoms with Gasteiger partial charge in [0.15, 0.2) is 0 Å². The Bertz CT molecular complexity index is 555. The zero-order valence-electron chi connectivity index (χ0n) is 9.71. The van der Waals surface area contributed by atoms with E-state index in [0.29, 0.717) is 11.6 Å². The van der Waals surface area contributed by atoms with Gasteiger partial charge in [-0.2, -0.15) is 0 Å². The molecule has 0 saturated carbocycles. The molecule has 1 amide bonds. The molecule has 0 saturated heterocycles. The summed E-state index contributed by atoms with van der Waals surface area (Å²) in [5.41, 5.74) is 6.43. The average Bonchev–Trinajstić information content (AvgIpc) is 2.74. The number of hydrogen-bond donors (Lipinski definition) is 2. The van der Waals surface area contributed by atoms with Crippen LogP contribution in [0.15, 0.2) is 33.6 Å². The molecule has 0 aliphatic heterocycles. The van der Waals surface area contributed by atoms with Gasteiger partial charge in [-0.25, -0.2) is 0 Å². The Morgan fingerprint density at radius 1 is 1.44 bits per heavy atom. The molecule has 1 aromatic heterocycles. The van der Waals surface area contributed by atoms with Crippen molar-refractivity contribution in [3.8, 4) is 0 Å². The summed E-state index contributed by atoms with van der Waals surface area (Å²) in [5, 5.41) is 9.80. The van der Waals surface area contributed by atoms with Crippen LogP contribution >= 0.6 is 11.8 Å². The van der Waals surface area contributed by atoms with E-state index in [2.05, 4.69) is 15.5 Å². The number of nitrogens with zero attached hydrogens (tertiary/aromatic N) is 2. The zero-order valence-corrected chi connectivity index (χ0v) is 10.5. The highest BCUT2D eigenvalue weighted by molar-refractivity contribution is 8.00. The first-order valence-corrected chi connectivity index (χ1v) is 6.21. The molecule has 0 radical (unpaired) electrons. The molecule has 6 nitrogen and oxygen atoms in total. The smallest absolute Gasteiger partial charge is 0.322 e. The number of para-hydroxylation sites is 1. The maximum Gasteiger partial charge on any atom is 0.322 e. The van der Waals surface area contributed by atoms with Crippen molar-refractivity contribution in [2.45, 2.75) is 11.8 Å². The lowest BCUT2D eigenvalue weighted by Gasteiger charge is -2.04. The highest BCUT2D eigenvalue weighted by Crippen LogP contribution is 2.24. The van der Waals surface area contributed by atoms with Crippen LogP contribution in [0.4, 0.5) is 11.7 Å². The molecule has 0 atom stereocenters. The van der Waals surface area contributed by atoms with Crippen molar-refractivity contribution in [3.05, 3.63) is 30.2 Å². The van der Waals surface area contributed by atoms with Gasteiger partial charge in [0.25, 0.3) is 0 Å². The van der Waals surface area contributed by atoms with Crippen LogP contribution in [0.1, 0.15) is 5.89 Å². The first-order valence-electron chi connectivity index (χ1n) is 5.22. The molecular formula is C11H12N4O2S. The van der Waals surface area contributed by atoms with Gasteiger partial charge in [-0.15, -0.1) is 16.9 Å². The van der Waals surface area contributed by atoms with E-state index in [9.17, 15) is 4.79 Å². The van der Waals surface area contributed by atoms with Gasteiger partial charge in [0, 0.05) is 17.5 Å². The molecule has 0 aliphatic carbocycles. The highest BCUT2D eigenvalue weighted by Gasteiger charge is 2.09. The molecule has 0 fully saturated rings. The van der Waals surface area contributed by atoms with Gasteiger partial charge in [0.05, 0.1) is 5.75 Å². The third kappa shape index (κ3) is 3.24. The fourth-order valence-corrected chi connectivity index (χ4v) is 2.03. The van der Waals surface area contributed by atoms with E-state index in [1.54, 1.807) is 13.0 Å². The Kier molecular flexibility index (Phi) is 3.83. The standard InChI is InChI=1S/C11H12N4O2S/c1-7-14-15-11(17-7)13-10(16)6-18-9-5-3-2-4-8(9)12/h2-5H,6,12H2,1H3,(H,13,15,16). The predicted octanol–water partition coefficient (Wildman–Crippen LogP) is 1.69. The van der Waals surface area contributed by atoms with Crippen LogP contribution < -0.4 is 11.1 Å². The number of anilines is 2. The number of thioether (sulfide) groups is 1. The minimum atomic E-state index is -0.216. The maximum atomic E-state index is 11.6. The van der Waals surface area contributed by atoms with Gasteiger partial charge in [-0.05, 0) is 12.1 Å². The summed E-state index contributed by atoms with van der Waals surface area (Å²) in [6, 6.07) is 7.49. The molecule has 1 aromatic carbocycles. The fraction of sp³-hybridized carbons (Fsp3) is 0.182. The third-order valence-corrected chi connectivity index (χ3v) is 3.14. The summed E-state index contributed by atoms with van der Waals surface area (Å²) in [7, 11) is 0. The van der Waals surface area contributed by atoms with E-state index in [-0.39, 0.29) is 17.7 Å². The SMILES string of the molecule is Cc1nnc(NC(=O)CSc2ccccc2N)o1. The lowest BCUT2D eigenvalue weighted by Crippen LogP contribution is -2.14. The van der Waals surface area contributed by atoms with Crippen LogP contribution in [0.2, 0.25) is 0 Å². The van der Waals surface area contributed by atoms with Gasteiger partial charge >= 0.3 is 6.01 Å². The number of carbonyl (C=O) groups excluding carboxylic acids is 1. The van der Waals surface area contributed by atoms with Crippen molar-refractivity contribution in [3.63, 3.8) is 0 Å². The maximum absolute atomic E-state index is 11.6. The quantitative estimate of drug-likeness (QED) is 0.644. The zero-order chi connectivity index (χ0) is 13.0. The summed E-state index contributed by atoms with van der Waals surface area (Å²) in [4.78, 5) is 12.5. The van der Waals surface area contributed by atoms with Crippen LogP contribution in [0.25, 0.3) is 0 Å². The Balaban J connectivity index is 1.87. The topological polar surface area (TPSA) is 94.0 Å². The van der Waals surface area contributed by atoms with Gasteiger partial charge in [-0.3, -0.25) is 10.1 Å². The monoisotopic (exact) mass is 264 g/mol. The third-order valence-electron chi connectivity index (χ3n) is 2.05. The minimum Gasteiger partial charge on any atom is -0.408 e. The summed E-state index contributed by atoms with van der Waals surface area (Å²) in [6.45, 7) is 1.65. The highest BCUT2D eigenvalue weighted by atomic mass is 32.2. The molecule has 2 rings (SSSR count). The molecule has 94 valence electrons. The number of rotatable bonds is 4. The minimum absolute atomic E-state index is 0.110. The van der Waals surface area contributed by atoms with E-state index >= 15 is 0 Å². The number of nitrogen functional groups attached to an aromatic ring is 1. The van der Waals surface area contributed by atoms with Crippen molar-refractivity contribution >= 4 is 29.4 Å². The van der Waals surface area contributed by atoms with Gasteiger partial charge in [0.1, 0.15) is 0 Å². The molecule has 0 unspecified atom stereocenters. The van der Waals surface area contributed by atoms with E-state index < -0.39 is 0 Å². The van der Waals surface area contributed by atoms with Crippen molar-refractivity contribution in [1.82, 2.24) is 10.2 Å². The van der Waals surface area contributed by atoms with Crippen molar-refractivity contribution in [1.29, 1.82) is 0 Å². The van der Waals surface area contributed by atoms with Crippen LogP contribution in [-0.4, -0.2) is 21.9 Å². The van der Waals surface area contributed by atoms with E-state index in [4.69, 9.17) is 10.2 Å². The van der Waals surface area contributed by atoms with E-state index in [1.165, 1.54) is 11.8 Å². The first kappa shape index (κ1) is 12.4. The number of nitrogens with one attached hydrogen (secondary N) is 1. The predicted molar refractivity (Wildman–Crippen MR) is 69.2 cm³/mol. The van der Waals surface area contributed by atoms with Crippen molar-refractivity contribution < 1.29 is 9.21 Å². The van der Waals surface area contributed by atoms with Gasteiger partial charge in [-0.1, -0.05) is 17.2 Å². The van der Waals surface area contributed by atoms with Crippen molar-refractivity contribution in [2.75, 3.05) is 16.8 Å². The number of aromatic nitrogens is 2. The Labute approximate surface area is 108 Å². The second kappa shape index (κ2) is 5.54. The Morgan fingerprint density at radius 3 is 2.89 bits per heavy atom. The number of benzene rings is 1. The molecule has 0 spiro atoms. The van der Waals surface area contributed by atoms with Crippen LogP contribution in [0, 0.1) is 6.92 Å². The summed E-state index contributed by atoms with van der Waals surface area (Å²) in [5.74, 6) is 0.424. The molecular weight excluding hydrogens is 252 g/mol. The number of carbonyl (C=O) groups is 1. The summed E-state index contributed by atoms with van der Waals surface area (Å²) in [6.07, 6.45) is 0. The lowest BCUT2D eigenvalue weighted by molar-refractivity contribution is -0.113. The average molecular weight is 264 g/mol. The second-order valence-corrected chi connectivity index (χ2v) is 4.52. The molecule has 7 heteroatoms. The summed E-state index contributed by atoms with van der Waals surface area (Å²) < 4.78 is 5.04. The molecule has 18 heavy (non-hydrogen) atoms. The number of hydrogen-bond acceptors (Lipinski definition) is 6. The van der Waals surface area contributed by atoms with E-state index in [0.717, 1.165) is 4.90 Å². The fourth-order valence-electron chi connectivity index (χ4n) is 1.26. The number of nitrogens with two attached hydrogens (primary N) is 1. The molecule has 1 heterocycles. The largest absolute Gasteiger partial charge is 0.408 e. The normalized spacial score (nSPS) is 10.3. The van der Waals surface area contributed by atoms with Crippen LogP contribution in [0.5, 0.6) is 0 Å². The first-order chi connectivity index (χ1) is 8.65. The van der Waals surface area contributed by atoms with E-state index in [1.807, 2.05) is 18.2 Å². The van der Waals surface area contributed by atoms with Crippen molar-refractivity contribution in [2.24, 2.45) is 0 Å². The number of amides is 1. The number of aryl methyl sites for hydroxylation is 1. The molecule has 2 aromatic rings. The molecule has 0 aliphatic rings.